The fourth-order valence-corrected chi connectivity index (χ4v) is 2.76. The quantitative estimate of drug-likeness (QED) is 0.820. The summed E-state index contributed by atoms with van der Waals surface area (Å²) in [5, 5.41) is 3.43. The Morgan fingerprint density at radius 1 is 1.12 bits per heavy atom. The lowest BCUT2D eigenvalue weighted by molar-refractivity contribution is 0.0994. The lowest BCUT2D eigenvalue weighted by atomic mass is 9.68. The van der Waals surface area contributed by atoms with E-state index in [0.717, 1.165) is 5.92 Å². The summed E-state index contributed by atoms with van der Waals surface area (Å²) in [5.74, 6) is 0.759. The van der Waals surface area contributed by atoms with Gasteiger partial charge in [-0.05, 0) is 31.7 Å². The van der Waals surface area contributed by atoms with E-state index in [1.807, 2.05) is 0 Å². The Balaban J connectivity index is 2.19. The number of aryl methyl sites for hydroxylation is 2. The second kappa shape index (κ2) is 4.21. The smallest absolute Gasteiger partial charge is 0.00259 e. The third-order valence-electron chi connectivity index (χ3n) is 4.02. The Kier molecular flexibility index (Phi) is 3.07. The molecule has 0 unspecified atom stereocenters. The number of nitrogens with one attached hydrogen (secondary N) is 1. The van der Waals surface area contributed by atoms with E-state index in [4.69, 9.17) is 0 Å². The predicted molar refractivity (Wildman–Crippen MR) is 69.8 cm³/mol. The van der Waals surface area contributed by atoms with E-state index in [0.29, 0.717) is 5.41 Å². The molecule has 1 fully saturated rings. The van der Waals surface area contributed by atoms with Gasteiger partial charge in [-0.2, -0.15) is 0 Å². The summed E-state index contributed by atoms with van der Waals surface area (Å²) in [7, 11) is 0. The van der Waals surface area contributed by atoms with E-state index in [9.17, 15) is 0 Å². The molecule has 1 aromatic rings. The van der Waals surface area contributed by atoms with Gasteiger partial charge in [0, 0.05) is 18.5 Å². The minimum absolute atomic E-state index is 0.500. The van der Waals surface area contributed by atoms with Crippen molar-refractivity contribution in [2.45, 2.75) is 34.1 Å². The Labute approximate surface area is 99.3 Å². The lowest BCUT2D eigenvalue weighted by Gasteiger charge is -2.46. The molecule has 16 heavy (non-hydrogen) atoms. The van der Waals surface area contributed by atoms with Gasteiger partial charge in [0.05, 0.1) is 0 Å². The van der Waals surface area contributed by atoms with Crippen LogP contribution in [0.3, 0.4) is 0 Å². The van der Waals surface area contributed by atoms with Gasteiger partial charge in [-0.15, -0.1) is 0 Å². The fourth-order valence-electron chi connectivity index (χ4n) is 2.76. The van der Waals surface area contributed by atoms with Crippen molar-refractivity contribution in [3.8, 4) is 0 Å². The van der Waals surface area contributed by atoms with Crippen LogP contribution in [0, 0.1) is 25.2 Å². The molecular weight excluding hydrogens is 194 g/mol. The van der Waals surface area contributed by atoms with Crippen LogP contribution in [0.15, 0.2) is 18.2 Å². The van der Waals surface area contributed by atoms with E-state index in [1.54, 1.807) is 0 Å². The third kappa shape index (κ3) is 2.15. The summed E-state index contributed by atoms with van der Waals surface area (Å²) in [4.78, 5) is 0. The first-order valence-electron chi connectivity index (χ1n) is 6.30. The summed E-state index contributed by atoms with van der Waals surface area (Å²) >= 11 is 0. The molecule has 1 nitrogen and oxygen atoms in total. The Bertz CT molecular complexity index is 355. The van der Waals surface area contributed by atoms with Crippen molar-refractivity contribution in [3.05, 3.63) is 34.9 Å². The Morgan fingerprint density at radius 3 is 2.06 bits per heavy atom. The van der Waals surface area contributed by atoms with E-state index >= 15 is 0 Å². The maximum atomic E-state index is 3.43. The molecule has 1 heterocycles. The van der Waals surface area contributed by atoms with Crippen LogP contribution in [0.25, 0.3) is 0 Å². The molecular formula is C15H23N. The van der Waals surface area contributed by atoms with Gasteiger partial charge in [0.2, 0.25) is 0 Å². The van der Waals surface area contributed by atoms with Crippen LogP contribution in [0.5, 0.6) is 0 Å². The van der Waals surface area contributed by atoms with E-state index in [2.05, 4.69) is 51.2 Å². The molecule has 1 saturated heterocycles. The molecule has 0 bridgehead atoms. The van der Waals surface area contributed by atoms with Crippen LogP contribution >= 0.6 is 0 Å². The summed E-state index contributed by atoms with van der Waals surface area (Å²) in [6.07, 6.45) is 1.22. The summed E-state index contributed by atoms with van der Waals surface area (Å²) in [6, 6.07) is 6.94. The maximum absolute atomic E-state index is 3.43. The summed E-state index contributed by atoms with van der Waals surface area (Å²) in [6.45, 7) is 11.4. The molecule has 1 heteroatoms. The Hall–Kier alpha value is -0.820. The highest BCUT2D eigenvalue weighted by atomic mass is 15.0. The second-order valence-corrected chi connectivity index (χ2v) is 5.79. The molecule has 0 aromatic heterocycles. The molecule has 0 atom stereocenters. The molecule has 0 aliphatic carbocycles. The number of rotatable bonds is 3. The standard InChI is InChI=1S/C15H23N/c1-11(2)15(9-16-10-15)8-14-6-12(3)5-13(4)7-14/h5-7,11,16H,8-10H2,1-4H3. The first-order valence-corrected chi connectivity index (χ1v) is 6.30. The van der Waals surface area contributed by atoms with Crippen molar-refractivity contribution in [1.29, 1.82) is 0 Å². The van der Waals surface area contributed by atoms with Gasteiger partial charge in [-0.3, -0.25) is 0 Å². The lowest BCUT2D eigenvalue weighted by Crippen LogP contribution is -2.57. The largest absolute Gasteiger partial charge is 0.315 e. The van der Waals surface area contributed by atoms with Crippen molar-refractivity contribution < 1.29 is 0 Å². The molecule has 0 saturated carbocycles. The van der Waals surface area contributed by atoms with Crippen LogP contribution in [-0.4, -0.2) is 13.1 Å². The highest BCUT2D eigenvalue weighted by Gasteiger charge is 2.39. The zero-order valence-corrected chi connectivity index (χ0v) is 10.9. The van der Waals surface area contributed by atoms with Crippen molar-refractivity contribution >= 4 is 0 Å². The minimum Gasteiger partial charge on any atom is -0.315 e. The van der Waals surface area contributed by atoms with Crippen molar-refractivity contribution in [2.24, 2.45) is 11.3 Å². The summed E-state index contributed by atoms with van der Waals surface area (Å²) < 4.78 is 0. The van der Waals surface area contributed by atoms with Gasteiger partial charge in [0.25, 0.3) is 0 Å². The average Bonchev–Trinajstić information content (AvgIpc) is 2.09. The molecule has 0 radical (unpaired) electrons. The predicted octanol–water partition coefficient (Wildman–Crippen LogP) is 3.09. The van der Waals surface area contributed by atoms with Gasteiger partial charge in [-0.25, -0.2) is 0 Å². The van der Waals surface area contributed by atoms with E-state index < -0.39 is 0 Å². The number of hydrogen-bond acceptors (Lipinski definition) is 1. The molecule has 1 aliphatic heterocycles. The average molecular weight is 217 g/mol. The first-order chi connectivity index (χ1) is 7.52. The van der Waals surface area contributed by atoms with Crippen molar-refractivity contribution in [1.82, 2.24) is 5.32 Å². The highest BCUT2D eigenvalue weighted by Crippen LogP contribution is 2.35. The molecule has 0 spiro atoms. The maximum Gasteiger partial charge on any atom is 0.00259 e. The highest BCUT2D eigenvalue weighted by molar-refractivity contribution is 5.30. The number of benzene rings is 1. The monoisotopic (exact) mass is 217 g/mol. The van der Waals surface area contributed by atoms with E-state index in [1.165, 1.54) is 36.2 Å². The molecule has 88 valence electrons. The van der Waals surface area contributed by atoms with Crippen LogP contribution < -0.4 is 5.32 Å². The molecule has 1 aromatic carbocycles. The van der Waals surface area contributed by atoms with Crippen LogP contribution in [-0.2, 0) is 6.42 Å². The zero-order valence-electron chi connectivity index (χ0n) is 10.9. The van der Waals surface area contributed by atoms with Crippen LogP contribution in [0.2, 0.25) is 0 Å². The van der Waals surface area contributed by atoms with E-state index in [-0.39, 0.29) is 0 Å². The van der Waals surface area contributed by atoms with Crippen molar-refractivity contribution in [3.63, 3.8) is 0 Å². The minimum atomic E-state index is 0.500. The third-order valence-corrected chi connectivity index (χ3v) is 4.02. The molecule has 0 amide bonds. The van der Waals surface area contributed by atoms with Crippen LogP contribution in [0.4, 0.5) is 0 Å². The van der Waals surface area contributed by atoms with Gasteiger partial charge >= 0.3 is 0 Å². The van der Waals surface area contributed by atoms with Crippen LogP contribution in [0.1, 0.15) is 30.5 Å². The van der Waals surface area contributed by atoms with Gasteiger partial charge < -0.3 is 5.32 Å². The first kappa shape index (κ1) is 11.7. The van der Waals surface area contributed by atoms with Crippen molar-refractivity contribution in [2.75, 3.05) is 13.1 Å². The summed E-state index contributed by atoms with van der Waals surface area (Å²) in [5.41, 5.74) is 4.79. The van der Waals surface area contributed by atoms with Gasteiger partial charge in [-0.1, -0.05) is 43.2 Å². The zero-order chi connectivity index (χ0) is 11.8. The van der Waals surface area contributed by atoms with Gasteiger partial charge in [0.1, 0.15) is 0 Å². The topological polar surface area (TPSA) is 12.0 Å². The Morgan fingerprint density at radius 2 is 1.69 bits per heavy atom. The molecule has 1 aliphatic rings. The molecule has 2 rings (SSSR count). The second-order valence-electron chi connectivity index (χ2n) is 5.79. The van der Waals surface area contributed by atoms with Gasteiger partial charge in [0.15, 0.2) is 0 Å². The number of hydrogen-bond donors (Lipinski definition) is 1. The molecule has 1 N–H and O–H groups in total. The normalized spacial score (nSPS) is 18.6. The fraction of sp³-hybridized carbons (Fsp3) is 0.600. The SMILES string of the molecule is Cc1cc(C)cc(CC2(C(C)C)CNC2)c1.